The number of nitriles is 1. The highest BCUT2D eigenvalue weighted by molar-refractivity contribution is 5.72. The Morgan fingerprint density at radius 1 is 0.403 bits per heavy atom. The number of aromatic amines is 1. The van der Waals surface area contributed by atoms with Gasteiger partial charge in [-0.05, 0) is 249 Å². The Balaban J connectivity index is 0.000000139. The molecule has 0 bridgehead atoms. The molecule has 0 saturated heterocycles. The fourth-order valence-electron chi connectivity index (χ4n) is 16.2. The van der Waals surface area contributed by atoms with Crippen molar-refractivity contribution in [3.05, 3.63) is 245 Å². The van der Waals surface area contributed by atoms with Crippen LogP contribution in [0.2, 0.25) is 0 Å². The van der Waals surface area contributed by atoms with Crippen LogP contribution < -0.4 is 49.1 Å². The molecule has 139 heavy (non-hydrogen) atoms. The number of fused-ring (bicyclic) bond motifs is 3. The van der Waals surface area contributed by atoms with Gasteiger partial charge in [0.15, 0.2) is 34.6 Å². The Morgan fingerprint density at radius 3 is 1.18 bits per heavy atom. The first-order valence-corrected chi connectivity index (χ1v) is 45.6. The van der Waals surface area contributed by atoms with Crippen molar-refractivity contribution in [1.29, 1.82) is 5.26 Å². The molecule has 8 aromatic carbocycles. The predicted octanol–water partition coefficient (Wildman–Crippen LogP) is 19.7. The van der Waals surface area contributed by atoms with Crippen molar-refractivity contribution in [2.24, 2.45) is 0 Å². The van der Waals surface area contributed by atoms with Crippen molar-refractivity contribution in [3.63, 3.8) is 0 Å². The molecule has 3 unspecified atom stereocenters. The molecule has 7 aromatic heterocycles. The molecule has 7 N–H and O–H groups in total. The SMILES string of the molecule is CC(C)Oc1ccc(-c2nc(-c3cccc4c3CCC4NCCO)no2)cc1C#N.CC(C)Oc1ccc(-c2nc(-c3cccc4c3CCC4NCCO)no2)cc1C(F)(F)F.CCOc1ccc(-c2n[nH]c(-c3ccncc3)n2)cc1OCC.CCOc1ccc(-c2nc(-c3cccc4c3CCC4NCCO)no2)cc1C(F)(F)F.CCOc1ccc(-c2nnc(-c3ccncc3)o2)cc1OCC. The van der Waals surface area contributed by atoms with Crippen LogP contribution in [0.3, 0.4) is 0 Å². The van der Waals surface area contributed by atoms with Crippen LogP contribution >= 0.6 is 0 Å². The second-order valence-electron chi connectivity index (χ2n) is 32.1. The van der Waals surface area contributed by atoms with Crippen LogP contribution in [-0.2, 0) is 31.6 Å². The second kappa shape index (κ2) is 47.3. The van der Waals surface area contributed by atoms with Gasteiger partial charge in [-0.15, -0.1) is 10.2 Å². The Bertz CT molecular complexity index is 6470. The van der Waals surface area contributed by atoms with E-state index in [1.165, 1.54) is 35.4 Å². The van der Waals surface area contributed by atoms with Crippen molar-refractivity contribution in [2.45, 2.75) is 144 Å². The van der Waals surface area contributed by atoms with Crippen molar-refractivity contribution in [3.8, 4) is 161 Å². The standard InChI is InChI=1S/C23H24F3N3O3.C23H24N4O3.C22H22F3N3O3.C17H18N4O2.C17H17N3O3/c1-13(2)31-20-9-6-14(12-18(20)23(24,25)26)22-28-21(29-32-22)17-5-3-4-16-15(17)7-8-19(16)27-10-11-30;1-14(2)29-21-9-6-15(12-16(21)13-24)23-26-22(27-30-23)19-5-3-4-18-17(19)7-8-20(18)25-10-11-28;1-2-30-19-9-6-13(12-17(19)22(23,24)25)21-27-20(28-31-21)16-5-3-4-15-14(16)7-8-18(15)26-10-11-29;1-3-22-14-6-5-13(11-15(14)23-4-2)17-19-16(20-21-17)12-7-9-18-10-8-12;1-3-21-14-6-5-13(11-15(14)22-4-2)17-20-19-16(23-17)12-7-9-18-10-8-12/h3-6,9,12-13,19,27,30H,7-8,10-11H2,1-2H3;3-6,9,12,14,20,25,28H,7-8,10-11H2,1-2H3;3-6,9,12,18,26,29H,2,7-8,10-11H2,1H3;5-11H,3-4H2,1-2H3,(H,19,20,21);5-11H,3-4H2,1-2H3. The Kier molecular flexibility index (Phi) is 34.1. The number of hydrogen-bond donors (Lipinski definition) is 7. The lowest BCUT2D eigenvalue weighted by molar-refractivity contribution is -0.139. The lowest BCUT2D eigenvalue weighted by atomic mass is 10.0. The third-order valence-electron chi connectivity index (χ3n) is 22.1. The fourth-order valence-corrected chi connectivity index (χ4v) is 16.2. The number of aliphatic hydroxyl groups excluding tert-OH is 3. The molecule has 0 saturated carbocycles. The summed E-state index contributed by atoms with van der Waals surface area (Å²) in [4.78, 5) is 25.9. The minimum absolute atomic E-state index is 0.00662. The topological polar surface area (TPSA) is 408 Å². The Hall–Kier alpha value is -14.8. The molecule has 0 fully saturated rings. The van der Waals surface area contributed by atoms with Gasteiger partial charge in [0, 0.05) is 118 Å². The van der Waals surface area contributed by atoms with Crippen molar-refractivity contribution >= 4 is 0 Å². The van der Waals surface area contributed by atoms with Gasteiger partial charge in [-0.3, -0.25) is 15.1 Å². The zero-order valence-corrected chi connectivity index (χ0v) is 77.8. The van der Waals surface area contributed by atoms with Gasteiger partial charge in [-0.25, -0.2) is 4.98 Å². The maximum Gasteiger partial charge on any atom is 0.419 e. The molecule has 3 aliphatic carbocycles. The number of pyridine rings is 2. The number of nitrogens with zero attached hydrogens (tertiary/aromatic N) is 13. The summed E-state index contributed by atoms with van der Waals surface area (Å²) in [6.45, 7) is 20.7. The summed E-state index contributed by atoms with van der Waals surface area (Å²) in [6, 6.07) is 51.7. The molecule has 3 aliphatic rings. The number of alkyl halides is 6. The lowest BCUT2D eigenvalue weighted by Gasteiger charge is -2.16. The van der Waals surface area contributed by atoms with Crippen molar-refractivity contribution in [2.75, 3.05) is 72.5 Å². The predicted molar refractivity (Wildman–Crippen MR) is 504 cm³/mol. The average Bonchev–Trinajstić information content (AvgIpc) is 1.62. The number of H-pyrrole nitrogens is 1. The van der Waals surface area contributed by atoms with Crippen molar-refractivity contribution < 1.29 is 92.8 Å². The molecule has 0 radical (unpaired) electrons. The average molecular weight is 1910 g/mol. The van der Waals surface area contributed by atoms with E-state index in [2.05, 4.69) is 93.9 Å². The summed E-state index contributed by atoms with van der Waals surface area (Å²) < 4.78 is 141. The van der Waals surface area contributed by atoms with E-state index in [9.17, 15) is 31.6 Å². The molecule has 18 rings (SSSR count). The van der Waals surface area contributed by atoms with Crippen LogP contribution in [0.25, 0.3) is 114 Å². The molecule has 7 heterocycles. The van der Waals surface area contributed by atoms with Crippen LogP contribution in [0.4, 0.5) is 26.3 Å². The van der Waals surface area contributed by atoms with Crippen LogP contribution in [0.5, 0.6) is 40.2 Å². The van der Waals surface area contributed by atoms with E-state index in [-0.39, 0.29) is 85.1 Å². The number of benzene rings is 8. The van der Waals surface area contributed by atoms with E-state index < -0.39 is 29.6 Å². The Morgan fingerprint density at radius 2 is 0.763 bits per heavy atom. The normalized spacial score (nSPS) is 14.0. The largest absolute Gasteiger partial charge is 0.493 e. The van der Waals surface area contributed by atoms with Gasteiger partial charge in [0.1, 0.15) is 23.3 Å². The number of hydrogen-bond acceptors (Lipinski definition) is 30. The number of nitrogens with one attached hydrogen (secondary N) is 4. The van der Waals surface area contributed by atoms with E-state index in [1.807, 2.05) is 157 Å². The van der Waals surface area contributed by atoms with E-state index in [4.69, 9.17) is 66.5 Å². The smallest absolute Gasteiger partial charge is 0.419 e. The maximum absolute atomic E-state index is 13.6. The van der Waals surface area contributed by atoms with Gasteiger partial charge in [0.2, 0.25) is 29.3 Å². The molecule has 0 amide bonds. The molecule has 15 aromatic rings. The lowest BCUT2D eigenvalue weighted by Crippen LogP contribution is -2.22. The van der Waals surface area contributed by atoms with E-state index in [0.29, 0.717) is 127 Å². The van der Waals surface area contributed by atoms with Gasteiger partial charge >= 0.3 is 12.4 Å². The maximum atomic E-state index is 13.6. The van der Waals surface area contributed by atoms with E-state index >= 15 is 0 Å². The Labute approximate surface area is 797 Å². The van der Waals surface area contributed by atoms with Crippen LogP contribution in [0.1, 0.15) is 150 Å². The van der Waals surface area contributed by atoms with E-state index in [0.717, 1.165) is 118 Å². The summed E-state index contributed by atoms with van der Waals surface area (Å²) in [5.74, 6) is 6.62. The number of aliphatic hydroxyl groups is 3. The van der Waals surface area contributed by atoms with Crippen LogP contribution in [-0.4, -0.2) is 166 Å². The summed E-state index contributed by atoms with van der Waals surface area (Å²) >= 11 is 0. The molecule has 31 nitrogen and oxygen atoms in total. The summed E-state index contributed by atoms with van der Waals surface area (Å²) in [5.41, 5.74) is 12.4. The first kappa shape index (κ1) is 100. The van der Waals surface area contributed by atoms with Crippen molar-refractivity contribution in [1.82, 2.24) is 81.7 Å². The quantitative estimate of drug-likeness (QED) is 0.0188. The van der Waals surface area contributed by atoms with Gasteiger partial charge in [-0.1, -0.05) is 70.1 Å². The highest BCUT2D eigenvalue weighted by Gasteiger charge is 2.38. The third kappa shape index (κ3) is 25.0. The first-order chi connectivity index (χ1) is 67.4. The number of ether oxygens (including phenoxy) is 7. The summed E-state index contributed by atoms with van der Waals surface area (Å²) in [7, 11) is 0. The van der Waals surface area contributed by atoms with Gasteiger partial charge in [0.25, 0.3) is 17.7 Å². The monoisotopic (exact) mass is 1910 g/mol. The summed E-state index contributed by atoms with van der Waals surface area (Å²) in [6.07, 6.45) is 2.50. The molecular formula is C102H105F6N17O14. The van der Waals surface area contributed by atoms with Crippen LogP contribution in [0.15, 0.2) is 213 Å². The zero-order chi connectivity index (χ0) is 98.1. The molecule has 0 aliphatic heterocycles. The first-order valence-electron chi connectivity index (χ1n) is 45.6. The minimum Gasteiger partial charge on any atom is -0.493 e. The molecule has 724 valence electrons. The van der Waals surface area contributed by atoms with Crippen LogP contribution in [0, 0.1) is 11.3 Å². The summed E-state index contributed by atoms with van der Waals surface area (Å²) in [5, 5.41) is 74.3. The third-order valence-corrected chi connectivity index (χ3v) is 22.1. The molecule has 37 heteroatoms. The molecular weight excluding hydrogens is 1800 g/mol. The second-order valence-corrected chi connectivity index (χ2v) is 32.1. The van der Waals surface area contributed by atoms with Gasteiger partial charge in [0.05, 0.1) is 81.8 Å². The number of halogens is 6. The zero-order valence-electron chi connectivity index (χ0n) is 77.8. The number of rotatable bonds is 33. The van der Waals surface area contributed by atoms with Gasteiger partial charge in [-0.2, -0.15) is 51.7 Å². The number of aromatic nitrogens is 13. The molecule has 0 spiro atoms. The molecule has 3 atom stereocenters. The minimum atomic E-state index is -4.58. The highest BCUT2D eigenvalue weighted by Crippen LogP contribution is 2.46. The van der Waals surface area contributed by atoms with E-state index in [1.54, 1.807) is 57.7 Å². The van der Waals surface area contributed by atoms with Gasteiger partial charge < -0.3 is 82.4 Å². The fraction of sp³-hybridized carbons (Fsp3) is 0.324. The highest BCUT2D eigenvalue weighted by atomic mass is 19.4.